The van der Waals surface area contributed by atoms with Crippen LogP contribution in [0, 0.1) is 0 Å². The molecule has 16 heteroatoms. The van der Waals surface area contributed by atoms with Crippen LogP contribution in [-0.4, -0.2) is 82.8 Å². The van der Waals surface area contributed by atoms with Crippen LogP contribution in [0.15, 0.2) is 36.7 Å². The van der Waals surface area contributed by atoms with Gasteiger partial charge >= 0.3 is 13.7 Å². The molecule has 0 amide bonds. The van der Waals surface area contributed by atoms with Gasteiger partial charge < -0.3 is 29.7 Å². The van der Waals surface area contributed by atoms with Gasteiger partial charge in [-0.15, -0.1) is 0 Å². The lowest BCUT2D eigenvalue weighted by atomic mass is 10.2. The van der Waals surface area contributed by atoms with Crippen LogP contribution in [0.1, 0.15) is 27.1 Å². The number of nitrogens with one attached hydrogen (secondary N) is 1. The molecule has 5 atom stereocenters. The van der Waals surface area contributed by atoms with E-state index >= 15 is 4.39 Å². The monoisotopic (exact) mass is 583 g/mol. The summed E-state index contributed by atoms with van der Waals surface area (Å²) in [6.45, 7) is 4.18. The van der Waals surface area contributed by atoms with E-state index in [1.165, 1.54) is 26.2 Å². The number of benzene rings is 1. The molecule has 0 saturated heterocycles. The molecule has 3 aromatic rings. The number of carbonyl (C=O) groups is 1. The Bertz CT molecular complexity index is 1330. The van der Waals surface area contributed by atoms with Crippen molar-refractivity contribution in [1.29, 1.82) is 0 Å². The predicted octanol–water partition coefficient (Wildman–Crippen LogP) is 2.45. The third-order valence-corrected chi connectivity index (χ3v) is 7.15. The topological polar surface area (TPSA) is 176 Å². The molecule has 220 valence electrons. The maximum Gasteiger partial charge on any atom is 0.459 e. The Morgan fingerprint density at radius 3 is 2.50 bits per heavy atom. The van der Waals surface area contributed by atoms with Gasteiger partial charge in [0, 0.05) is 21.2 Å². The quantitative estimate of drug-likeness (QED) is 0.186. The molecule has 2 aromatic heterocycles. The fourth-order valence-corrected chi connectivity index (χ4v) is 5.07. The van der Waals surface area contributed by atoms with E-state index in [4.69, 9.17) is 24.3 Å². The van der Waals surface area contributed by atoms with E-state index in [1.807, 2.05) is 0 Å². The van der Waals surface area contributed by atoms with Crippen LogP contribution >= 0.6 is 7.75 Å². The Hall–Kier alpha value is -3.36. The maximum absolute atomic E-state index is 15.6. The van der Waals surface area contributed by atoms with Gasteiger partial charge in [-0.2, -0.15) is 15.1 Å². The number of aliphatic hydroxyl groups is 1. The molecule has 0 radical (unpaired) electrons. The van der Waals surface area contributed by atoms with Crippen LogP contribution in [-0.2, 0) is 23.4 Å². The van der Waals surface area contributed by atoms with Gasteiger partial charge in [0.15, 0.2) is 17.0 Å². The number of alkyl halides is 1. The highest BCUT2D eigenvalue weighted by atomic mass is 31.2. The van der Waals surface area contributed by atoms with Crippen LogP contribution in [0.4, 0.5) is 16.2 Å². The summed E-state index contributed by atoms with van der Waals surface area (Å²) in [7, 11) is 0.372. The smallest absolute Gasteiger partial charge is 0.459 e. The number of esters is 1. The van der Waals surface area contributed by atoms with Crippen LogP contribution < -0.4 is 20.2 Å². The Morgan fingerprint density at radius 1 is 1.23 bits per heavy atom. The minimum atomic E-state index is -4.28. The lowest BCUT2D eigenvalue weighted by Crippen LogP contribution is -2.40. The van der Waals surface area contributed by atoms with Crippen molar-refractivity contribution in [3.63, 3.8) is 0 Å². The lowest BCUT2D eigenvalue weighted by molar-refractivity contribution is -0.149. The largest absolute Gasteiger partial charge is 0.462 e. The first kappa shape index (κ1) is 31.2. The molecule has 1 aromatic carbocycles. The molecular weight excluding hydrogens is 548 g/mol. The standard InChI is InChI=1S/C24H35FN7O7P/c1-14(2)38-23(34)15(3)30-40(35,39-16-10-8-7-9-11-16)37-12-17(36-6)19(33)20(25)32-13-27-18-21(31(4)5)28-24(26)29-22(18)32/h7-11,13-15,17,19-20,33H,12H2,1-6H3,(H,30,35)(H2,26,28,29)/t15-,17?,19+,20-,40?/m0/s1. The number of hydrogen-bond donors (Lipinski definition) is 3. The highest BCUT2D eigenvalue weighted by Crippen LogP contribution is 2.45. The van der Waals surface area contributed by atoms with E-state index in [1.54, 1.807) is 51.0 Å². The van der Waals surface area contributed by atoms with Gasteiger partial charge in [-0.1, -0.05) is 18.2 Å². The van der Waals surface area contributed by atoms with Crippen molar-refractivity contribution in [2.24, 2.45) is 0 Å². The van der Waals surface area contributed by atoms with E-state index in [-0.39, 0.29) is 22.9 Å². The molecule has 0 aliphatic rings. The number of carbonyl (C=O) groups excluding carboxylic acids is 1. The highest BCUT2D eigenvalue weighted by molar-refractivity contribution is 7.52. The number of para-hydroxylation sites is 1. The third-order valence-electron chi connectivity index (χ3n) is 5.51. The maximum atomic E-state index is 15.6. The van der Waals surface area contributed by atoms with Crippen LogP contribution in [0.2, 0.25) is 0 Å². The van der Waals surface area contributed by atoms with E-state index in [9.17, 15) is 14.5 Å². The Morgan fingerprint density at radius 2 is 1.90 bits per heavy atom. The van der Waals surface area contributed by atoms with Gasteiger partial charge in [0.1, 0.15) is 24.0 Å². The van der Waals surface area contributed by atoms with Crippen LogP contribution in [0.3, 0.4) is 0 Å². The second kappa shape index (κ2) is 13.3. The summed E-state index contributed by atoms with van der Waals surface area (Å²) < 4.78 is 51.9. The van der Waals surface area contributed by atoms with Crippen molar-refractivity contribution in [2.75, 3.05) is 38.4 Å². The zero-order valence-electron chi connectivity index (χ0n) is 23.1. The normalized spacial score (nSPS) is 16.2. The molecule has 0 aliphatic heterocycles. The molecule has 0 fully saturated rings. The van der Waals surface area contributed by atoms with Crippen LogP contribution in [0.25, 0.3) is 11.2 Å². The molecule has 0 aliphatic carbocycles. The van der Waals surface area contributed by atoms with Crippen molar-refractivity contribution in [2.45, 2.75) is 51.4 Å². The summed E-state index contributed by atoms with van der Waals surface area (Å²) in [5.74, 6) is -0.251. The number of anilines is 2. The van der Waals surface area contributed by atoms with Crippen molar-refractivity contribution in [3.05, 3.63) is 36.7 Å². The number of methoxy groups -OCH3 is 1. The number of fused-ring (bicyclic) bond motifs is 1. The van der Waals surface area contributed by atoms with Gasteiger partial charge in [0.05, 0.1) is 19.0 Å². The van der Waals surface area contributed by atoms with E-state index < -0.39 is 51.0 Å². The first-order valence-electron chi connectivity index (χ1n) is 12.3. The predicted molar refractivity (Wildman–Crippen MR) is 145 cm³/mol. The first-order chi connectivity index (χ1) is 18.8. The average molecular weight is 584 g/mol. The number of aliphatic hydroxyl groups excluding tert-OH is 1. The number of hydrogen-bond acceptors (Lipinski definition) is 12. The van der Waals surface area contributed by atoms with Crippen molar-refractivity contribution >= 4 is 36.6 Å². The summed E-state index contributed by atoms with van der Waals surface area (Å²) in [6, 6.07) is 7.01. The molecule has 40 heavy (non-hydrogen) atoms. The van der Waals surface area contributed by atoms with Gasteiger partial charge in [-0.3, -0.25) is 13.9 Å². The molecule has 4 N–H and O–H groups in total. The zero-order chi connectivity index (χ0) is 29.6. The molecule has 3 rings (SSSR count). The van der Waals surface area contributed by atoms with Gasteiger partial charge in [-0.05, 0) is 32.9 Å². The van der Waals surface area contributed by atoms with Gasteiger partial charge in [-0.25, -0.2) is 13.9 Å². The number of nitrogens with zero attached hydrogens (tertiary/aromatic N) is 5. The summed E-state index contributed by atoms with van der Waals surface area (Å²) in [6.07, 6.45) is -4.55. The molecule has 0 saturated carbocycles. The minimum absolute atomic E-state index is 0.0516. The summed E-state index contributed by atoms with van der Waals surface area (Å²) in [4.78, 5) is 26.3. The van der Waals surface area contributed by atoms with Crippen LogP contribution in [0.5, 0.6) is 5.75 Å². The Balaban J connectivity index is 1.81. The van der Waals surface area contributed by atoms with E-state index in [0.717, 1.165) is 10.9 Å². The third kappa shape index (κ3) is 7.64. The van der Waals surface area contributed by atoms with Gasteiger partial charge in [0.25, 0.3) is 0 Å². The lowest BCUT2D eigenvalue weighted by Gasteiger charge is -2.28. The van der Waals surface area contributed by atoms with Crippen molar-refractivity contribution in [1.82, 2.24) is 24.6 Å². The second-order valence-corrected chi connectivity index (χ2v) is 11.0. The number of imidazole rings is 1. The number of nitrogens with two attached hydrogens (primary N) is 1. The zero-order valence-corrected chi connectivity index (χ0v) is 24.0. The first-order valence-corrected chi connectivity index (χ1v) is 13.9. The number of rotatable bonds is 14. The molecule has 0 bridgehead atoms. The molecule has 0 spiro atoms. The number of aromatic nitrogens is 4. The molecule has 2 unspecified atom stereocenters. The second-order valence-electron chi connectivity index (χ2n) is 9.30. The molecule has 14 nitrogen and oxygen atoms in total. The van der Waals surface area contributed by atoms with E-state index in [2.05, 4.69) is 20.0 Å². The molecule has 2 heterocycles. The van der Waals surface area contributed by atoms with Crippen molar-refractivity contribution in [3.8, 4) is 5.75 Å². The summed E-state index contributed by atoms with van der Waals surface area (Å²) in [5.41, 5.74) is 6.12. The average Bonchev–Trinajstić information content (AvgIpc) is 3.31. The highest BCUT2D eigenvalue weighted by Gasteiger charge is 2.37. The molecular formula is C24H35FN7O7P. The Kier molecular flexibility index (Phi) is 10.4. The Labute approximate surface area is 231 Å². The number of nitrogen functional groups attached to an aromatic ring is 1. The number of halogens is 1. The van der Waals surface area contributed by atoms with Crippen molar-refractivity contribution < 1.29 is 37.4 Å². The van der Waals surface area contributed by atoms with Gasteiger partial charge in [0.2, 0.25) is 12.2 Å². The fourth-order valence-electron chi connectivity index (χ4n) is 3.56. The number of ether oxygens (including phenoxy) is 2. The summed E-state index contributed by atoms with van der Waals surface area (Å²) >= 11 is 0. The SMILES string of the molecule is COC(COP(=O)(N[C@@H](C)C(=O)OC(C)C)Oc1ccccc1)[C@@H](O)[C@@H](F)n1cnc2c(N(C)C)nc(N)nc21. The summed E-state index contributed by atoms with van der Waals surface area (Å²) in [5, 5.41) is 13.4. The minimum Gasteiger partial charge on any atom is -0.462 e. The van der Waals surface area contributed by atoms with E-state index in [0.29, 0.717) is 5.82 Å². The fraction of sp³-hybridized carbons (Fsp3) is 0.500.